The first kappa shape index (κ1) is 20.9. The molecule has 1 heterocycles. The highest BCUT2D eigenvalue weighted by Gasteiger charge is 2.16. The van der Waals surface area contributed by atoms with Crippen molar-refractivity contribution in [1.82, 2.24) is 4.98 Å². The number of halogens is 2. The van der Waals surface area contributed by atoms with Gasteiger partial charge >= 0.3 is 0 Å². The predicted octanol–water partition coefficient (Wildman–Crippen LogP) is 2.50. The molecular weight excluding hydrogens is 395 g/mol. The Morgan fingerprint density at radius 2 is 1.78 bits per heavy atom. The molecule has 0 aliphatic heterocycles. The molecule has 1 aromatic heterocycles. The maximum Gasteiger partial charge on any atom is 0.256 e. The SMILES string of the molecule is CS(=O)(=O)c1ccc(-c2[nH]c(=O)c3cc(F)ccc3c2OCCN)cc1.Cl. The Morgan fingerprint density at radius 3 is 2.37 bits per heavy atom. The maximum atomic E-state index is 13.5. The molecular formula is C18H18ClFN2O4S. The van der Waals surface area contributed by atoms with E-state index in [0.29, 0.717) is 22.4 Å². The highest BCUT2D eigenvalue weighted by atomic mass is 35.5. The number of nitrogens with two attached hydrogens (primary N) is 1. The van der Waals surface area contributed by atoms with Gasteiger partial charge in [0.1, 0.15) is 12.4 Å². The van der Waals surface area contributed by atoms with Crippen LogP contribution in [0, 0.1) is 5.82 Å². The zero-order valence-corrected chi connectivity index (χ0v) is 16.0. The fourth-order valence-corrected chi connectivity index (χ4v) is 3.29. The molecule has 3 N–H and O–H groups in total. The normalized spacial score (nSPS) is 11.2. The van der Waals surface area contributed by atoms with E-state index in [9.17, 15) is 17.6 Å². The van der Waals surface area contributed by atoms with Crippen molar-refractivity contribution in [2.75, 3.05) is 19.4 Å². The van der Waals surface area contributed by atoms with Gasteiger partial charge in [-0.1, -0.05) is 12.1 Å². The van der Waals surface area contributed by atoms with Gasteiger partial charge in [-0.05, 0) is 30.3 Å². The van der Waals surface area contributed by atoms with Gasteiger partial charge in [-0.3, -0.25) is 4.79 Å². The molecule has 6 nitrogen and oxygen atoms in total. The van der Waals surface area contributed by atoms with E-state index in [-0.39, 0.29) is 35.8 Å². The van der Waals surface area contributed by atoms with Crippen molar-refractivity contribution < 1.29 is 17.5 Å². The average molecular weight is 413 g/mol. The molecule has 0 spiro atoms. The smallest absolute Gasteiger partial charge is 0.256 e. The monoisotopic (exact) mass is 412 g/mol. The molecule has 0 aliphatic carbocycles. The summed E-state index contributed by atoms with van der Waals surface area (Å²) in [6, 6.07) is 9.90. The molecule has 0 radical (unpaired) electrons. The molecule has 3 aromatic rings. The number of aromatic amines is 1. The van der Waals surface area contributed by atoms with Gasteiger partial charge < -0.3 is 15.5 Å². The first-order chi connectivity index (χ1) is 12.3. The fraction of sp³-hybridized carbons (Fsp3) is 0.167. The minimum atomic E-state index is -3.34. The van der Waals surface area contributed by atoms with Crippen molar-refractivity contribution in [2.45, 2.75) is 4.90 Å². The molecule has 3 rings (SSSR count). The molecule has 0 bridgehead atoms. The van der Waals surface area contributed by atoms with Crippen LogP contribution in [-0.2, 0) is 9.84 Å². The molecule has 0 unspecified atom stereocenters. The summed E-state index contributed by atoms with van der Waals surface area (Å²) in [7, 11) is -3.34. The van der Waals surface area contributed by atoms with Gasteiger partial charge in [0.2, 0.25) is 0 Å². The second kappa shape index (κ2) is 8.08. The van der Waals surface area contributed by atoms with Crippen LogP contribution in [0.4, 0.5) is 4.39 Å². The summed E-state index contributed by atoms with van der Waals surface area (Å²) < 4.78 is 42.5. The van der Waals surface area contributed by atoms with Crippen molar-refractivity contribution >= 4 is 33.0 Å². The Labute approximate surface area is 161 Å². The number of fused-ring (bicyclic) bond motifs is 1. The molecule has 0 aliphatic rings. The highest BCUT2D eigenvalue weighted by molar-refractivity contribution is 7.90. The first-order valence-corrected chi connectivity index (χ1v) is 9.69. The van der Waals surface area contributed by atoms with E-state index in [4.69, 9.17) is 10.5 Å². The summed E-state index contributed by atoms with van der Waals surface area (Å²) in [5.41, 5.74) is 5.98. The van der Waals surface area contributed by atoms with Crippen LogP contribution >= 0.6 is 12.4 Å². The number of pyridine rings is 1. The summed E-state index contributed by atoms with van der Waals surface area (Å²) >= 11 is 0. The third-order valence-corrected chi connectivity index (χ3v) is 5.00. The van der Waals surface area contributed by atoms with Crippen LogP contribution < -0.4 is 16.0 Å². The standard InChI is InChI=1S/C18H17FN2O4S.ClH/c1-26(23,24)13-5-2-11(3-6-13)16-17(25-9-8-20)14-7-4-12(19)10-15(14)18(22)21-16;/h2-7,10H,8-9,20H2,1H3,(H,21,22);1H. The number of hydrogen-bond acceptors (Lipinski definition) is 5. The van der Waals surface area contributed by atoms with Gasteiger partial charge in [-0.15, -0.1) is 12.4 Å². The number of aromatic nitrogens is 1. The van der Waals surface area contributed by atoms with Crippen LogP contribution in [0.25, 0.3) is 22.0 Å². The molecule has 27 heavy (non-hydrogen) atoms. The molecule has 0 atom stereocenters. The number of nitrogens with one attached hydrogen (secondary N) is 1. The number of rotatable bonds is 5. The van der Waals surface area contributed by atoms with Gasteiger partial charge in [0.15, 0.2) is 15.6 Å². The quantitative estimate of drug-likeness (QED) is 0.670. The molecule has 0 saturated carbocycles. The fourth-order valence-electron chi connectivity index (χ4n) is 2.66. The second-order valence-electron chi connectivity index (χ2n) is 5.78. The van der Waals surface area contributed by atoms with Crippen molar-refractivity contribution in [1.29, 1.82) is 0 Å². The summed E-state index contributed by atoms with van der Waals surface area (Å²) in [5.74, 6) is -0.171. The summed E-state index contributed by atoms with van der Waals surface area (Å²) in [5, 5.41) is 0.610. The molecule has 9 heteroatoms. The van der Waals surface area contributed by atoms with Crippen LogP contribution in [-0.4, -0.2) is 32.8 Å². The number of sulfone groups is 1. The lowest BCUT2D eigenvalue weighted by molar-refractivity contribution is 0.332. The zero-order chi connectivity index (χ0) is 18.9. The number of H-pyrrole nitrogens is 1. The number of ether oxygens (including phenoxy) is 1. The molecule has 2 aromatic carbocycles. The Hall–Kier alpha value is -2.42. The summed E-state index contributed by atoms with van der Waals surface area (Å²) in [4.78, 5) is 15.2. The molecule has 144 valence electrons. The zero-order valence-electron chi connectivity index (χ0n) is 14.4. The van der Waals surface area contributed by atoms with Crippen molar-refractivity contribution in [3.63, 3.8) is 0 Å². The van der Waals surface area contributed by atoms with E-state index < -0.39 is 21.2 Å². The van der Waals surface area contributed by atoms with Gasteiger partial charge in [0, 0.05) is 23.8 Å². The van der Waals surface area contributed by atoms with E-state index in [1.807, 2.05) is 0 Å². The minimum absolute atomic E-state index is 0. The number of hydrogen-bond donors (Lipinski definition) is 2. The van der Waals surface area contributed by atoms with Gasteiger partial charge in [-0.2, -0.15) is 0 Å². The third kappa shape index (κ3) is 4.29. The number of benzene rings is 2. The molecule has 0 saturated heterocycles. The lowest BCUT2D eigenvalue weighted by atomic mass is 10.1. The largest absolute Gasteiger partial charge is 0.489 e. The van der Waals surface area contributed by atoms with E-state index in [1.54, 1.807) is 12.1 Å². The van der Waals surface area contributed by atoms with Crippen LogP contribution in [0.5, 0.6) is 5.75 Å². The first-order valence-electron chi connectivity index (χ1n) is 7.80. The van der Waals surface area contributed by atoms with Gasteiger partial charge in [-0.25, -0.2) is 12.8 Å². The Kier molecular flexibility index (Phi) is 6.25. The van der Waals surface area contributed by atoms with E-state index in [1.165, 1.54) is 24.3 Å². The van der Waals surface area contributed by atoms with Gasteiger partial charge in [0.05, 0.1) is 16.0 Å². The maximum absolute atomic E-state index is 13.5. The summed E-state index contributed by atoms with van der Waals surface area (Å²) in [6.07, 6.45) is 1.12. The van der Waals surface area contributed by atoms with E-state index in [0.717, 1.165) is 12.3 Å². The lowest BCUT2D eigenvalue weighted by Crippen LogP contribution is -2.15. The third-order valence-electron chi connectivity index (χ3n) is 3.87. The van der Waals surface area contributed by atoms with E-state index >= 15 is 0 Å². The van der Waals surface area contributed by atoms with Crippen LogP contribution in [0.15, 0.2) is 52.2 Å². The Balaban J connectivity index is 0.00000261. The van der Waals surface area contributed by atoms with Gasteiger partial charge in [0.25, 0.3) is 5.56 Å². The van der Waals surface area contributed by atoms with Crippen molar-refractivity contribution in [2.24, 2.45) is 5.73 Å². The molecule has 0 amide bonds. The van der Waals surface area contributed by atoms with E-state index in [2.05, 4.69) is 4.98 Å². The van der Waals surface area contributed by atoms with Crippen LogP contribution in [0.2, 0.25) is 0 Å². The Bertz CT molecular complexity index is 1130. The Morgan fingerprint density at radius 1 is 1.11 bits per heavy atom. The summed E-state index contributed by atoms with van der Waals surface area (Å²) in [6.45, 7) is 0.460. The highest BCUT2D eigenvalue weighted by Crippen LogP contribution is 2.34. The average Bonchev–Trinajstić information content (AvgIpc) is 2.60. The van der Waals surface area contributed by atoms with Crippen molar-refractivity contribution in [3.05, 3.63) is 58.6 Å². The lowest BCUT2D eigenvalue weighted by Gasteiger charge is -2.14. The molecule has 0 fully saturated rings. The van der Waals surface area contributed by atoms with Crippen LogP contribution in [0.1, 0.15) is 0 Å². The second-order valence-corrected chi connectivity index (χ2v) is 7.80. The minimum Gasteiger partial charge on any atom is -0.489 e. The predicted molar refractivity (Wildman–Crippen MR) is 105 cm³/mol. The van der Waals surface area contributed by atoms with Crippen molar-refractivity contribution in [3.8, 4) is 17.0 Å². The van der Waals surface area contributed by atoms with Crippen LogP contribution in [0.3, 0.4) is 0 Å². The topological polar surface area (TPSA) is 102 Å².